The predicted molar refractivity (Wildman–Crippen MR) is 78.3 cm³/mol. The second kappa shape index (κ2) is 6.39. The van der Waals surface area contributed by atoms with Gasteiger partial charge in [-0.25, -0.2) is 14.4 Å². The quantitative estimate of drug-likeness (QED) is 0.917. The maximum Gasteiger partial charge on any atom is 0.223 e. The summed E-state index contributed by atoms with van der Waals surface area (Å²) < 4.78 is 24.4. The van der Waals surface area contributed by atoms with E-state index in [1.54, 1.807) is 18.3 Å². The maximum atomic E-state index is 14.2. The third-order valence-corrected chi connectivity index (χ3v) is 3.11. The fourth-order valence-corrected chi connectivity index (χ4v) is 1.99. The summed E-state index contributed by atoms with van der Waals surface area (Å²) in [6, 6.07) is 4.41. The predicted octanol–water partition coefficient (Wildman–Crippen LogP) is 3.11. The SMILES string of the molecule is COc1cc(F)c(C(C)Nc2nccc(C)n2)cc1OC. The number of methoxy groups -OCH3 is 2. The Balaban J connectivity index is 2.28. The Kier molecular flexibility index (Phi) is 4.57. The molecule has 1 aromatic carbocycles. The van der Waals surface area contributed by atoms with Gasteiger partial charge >= 0.3 is 0 Å². The van der Waals surface area contributed by atoms with Crippen LogP contribution in [0.1, 0.15) is 24.2 Å². The van der Waals surface area contributed by atoms with Crippen molar-refractivity contribution in [2.75, 3.05) is 19.5 Å². The van der Waals surface area contributed by atoms with Crippen LogP contribution >= 0.6 is 0 Å². The average Bonchev–Trinajstić information content (AvgIpc) is 2.46. The lowest BCUT2D eigenvalue weighted by Gasteiger charge is -2.17. The van der Waals surface area contributed by atoms with Gasteiger partial charge < -0.3 is 14.8 Å². The van der Waals surface area contributed by atoms with E-state index in [-0.39, 0.29) is 11.9 Å². The third-order valence-electron chi connectivity index (χ3n) is 3.11. The van der Waals surface area contributed by atoms with Crippen molar-refractivity contribution in [3.8, 4) is 11.5 Å². The van der Waals surface area contributed by atoms with Gasteiger partial charge in [-0.3, -0.25) is 0 Å². The zero-order valence-electron chi connectivity index (χ0n) is 12.5. The van der Waals surface area contributed by atoms with Crippen molar-refractivity contribution < 1.29 is 13.9 Å². The Hall–Kier alpha value is -2.37. The molecule has 2 aromatic rings. The van der Waals surface area contributed by atoms with Gasteiger partial charge in [0.1, 0.15) is 5.82 Å². The van der Waals surface area contributed by atoms with Crippen molar-refractivity contribution in [2.45, 2.75) is 19.9 Å². The number of rotatable bonds is 5. The Bertz CT molecular complexity index is 634. The molecule has 0 bridgehead atoms. The number of nitrogens with zero attached hydrogens (tertiary/aromatic N) is 2. The first-order valence-corrected chi connectivity index (χ1v) is 6.52. The molecule has 0 spiro atoms. The van der Waals surface area contributed by atoms with E-state index < -0.39 is 0 Å². The van der Waals surface area contributed by atoms with Crippen molar-refractivity contribution >= 4 is 5.95 Å². The number of aryl methyl sites for hydroxylation is 1. The maximum absolute atomic E-state index is 14.2. The molecular formula is C15H18FN3O2. The summed E-state index contributed by atoms with van der Waals surface area (Å²) >= 11 is 0. The number of aromatic nitrogens is 2. The molecule has 1 aromatic heterocycles. The summed E-state index contributed by atoms with van der Waals surface area (Å²) in [4.78, 5) is 8.35. The van der Waals surface area contributed by atoms with Crippen molar-refractivity contribution in [3.05, 3.63) is 41.5 Å². The van der Waals surface area contributed by atoms with Crippen molar-refractivity contribution in [3.63, 3.8) is 0 Å². The topological polar surface area (TPSA) is 56.3 Å². The molecule has 1 N–H and O–H groups in total. The van der Waals surface area contributed by atoms with Crippen LogP contribution in [0.5, 0.6) is 11.5 Å². The molecule has 0 saturated heterocycles. The molecule has 1 heterocycles. The zero-order chi connectivity index (χ0) is 15.4. The summed E-state index contributed by atoms with van der Waals surface area (Å²) in [7, 11) is 2.99. The molecule has 0 amide bonds. The monoisotopic (exact) mass is 291 g/mol. The highest BCUT2D eigenvalue weighted by Crippen LogP contribution is 2.33. The molecular weight excluding hydrogens is 273 g/mol. The van der Waals surface area contributed by atoms with Gasteiger partial charge in [0.25, 0.3) is 0 Å². The van der Waals surface area contributed by atoms with Crippen molar-refractivity contribution in [2.24, 2.45) is 0 Å². The number of ether oxygens (including phenoxy) is 2. The van der Waals surface area contributed by atoms with Crippen molar-refractivity contribution in [1.29, 1.82) is 0 Å². The van der Waals surface area contributed by atoms with E-state index in [1.807, 2.05) is 13.8 Å². The lowest BCUT2D eigenvalue weighted by molar-refractivity contribution is 0.351. The van der Waals surface area contributed by atoms with Crippen LogP contribution in [0.4, 0.5) is 10.3 Å². The molecule has 2 rings (SSSR count). The molecule has 1 unspecified atom stereocenters. The van der Waals surface area contributed by atoms with Crippen LogP contribution in [0.15, 0.2) is 24.4 Å². The number of benzene rings is 1. The third kappa shape index (κ3) is 3.39. The van der Waals surface area contributed by atoms with E-state index in [0.717, 1.165) is 5.69 Å². The molecule has 0 aliphatic heterocycles. The van der Waals surface area contributed by atoms with Crippen LogP contribution in [-0.2, 0) is 0 Å². The number of halogens is 1. The van der Waals surface area contributed by atoms with Crippen LogP contribution in [-0.4, -0.2) is 24.2 Å². The van der Waals surface area contributed by atoms with Gasteiger partial charge in [0.15, 0.2) is 11.5 Å². The minimum atomic E-state index is -0.375. The lowest BCUT2D eigenvalue weighted by atomic mass is 10.1. The van der Waals surface area contributed by atoms with Crippen LogP contribution in [0.2, 0.25) is 0 Å². The first-order valence-electron chi connectivity index (χ1n) is 6.52. The molecule has 5 nitrogen and oxygen atoms in total. The molecule has 21 heavy (non-hydrogen) atoms. The minimum absolute atomic E-state index is 0.313. The standard InChI is InChI=1S/C15H18FN3O2/c1-9-5-6-17-15(18-9)19-10(2)11-7-13(20-3)14(21-4)8-12(11)16/h5-8,10H,1-4H3,(H,17,18,19). The summed E-state index contributed by atoms with van der Waals surface area (Å²) in [5.74, 6) is 0.919. The first-order chi connectivity index (χ1) is 10.0. The van der Waals surface area contributed by atoms with Gasteiger partial charge in [-0.2, -0.15) is 0 Å². The molecule has 6 heteroatoms. The lowest BCUT2D eigenvalue weighted by Crippen LogP contribution is -2.11. The number of nitrogens with one attached hydrogen (secondary N) is 1. The van der Waals surface area contributed by atoms with E-state index in [4.69, 9.17) is 9.47 Å². The van der Waals surface area contributed by atoms with E-state index in [1.165, 1.54) is 20.3 Å². The minimum Gasteiger partial charge on any atom is -0.493 e. The highest BCUT2D eigenvalue weighted by molar-refractivity contribution is 5.46. The van der Waals surface area contributed by atoms with Crippen molar-refractivity contribution in [1.82, 2.24) is 9.97 Å². The fourth-order valence-electron chi connectivity index (χ4n) is 1.99. The number of hydrogen-bond acceptors (Lipinski definition) is 5. The Morgan fingerprint density at radius 3 is 2.48 bits per heavy atom. The zero-order valence-corrected chi connectivity index (χ0v) is 12.5. The number of hydrogen-bond donors (Lipinski definition) is 1. The van der Waals surface area contributed by atoms with Gasteiger partial charge in [-0.05, 0) is 26.0 Å². The average molecular weight is 291 g/mol. The molecule has 112 valence electrons. The van der Waals surface area contributed by atoms with Crippen LogP contribution < -0.4 is 14.8 Å². The van der Waals surface area contributed by atoms with Crippen LogP contribution in [0.25, 0.3) is 0 Å². The van der Waals surface area contributed by atoms with Gasteiger partial charge in [-0.15, -0.1) is 0 Å². The van der Waals surface area contributed by atoms with Gasteiger partial charge in [-0.1, -0.05) is 0 Å². The Morgan fingerprint density at radius 2 is 1.86 bits per heavy atom. The Labute approximate surface area is 123 Å². The smallest absolute Gasteiger partial charge is 0.223 e. The van der Waals surface area contributed by atoms with Crippen LogP contribution in [0, 0.1) is 12.7 Å². The van der Waals surface area contributed by atoms with Gasteiger partial charge in [0, 0.05) is 23.5 Å². The highest BCUT2D eigenvalue weighted by Gasteiger charge is 2.16. The highest BCUT2D eigenvalue weighted by atomic mass is 19.1. The van der Waals surface area contributed by atoms with Gasteiger partial charge in [0.05, 0.1) is 20.3 Å². The first kappa shape index (κ1) is 15.0. The molecule has 0 saturated carbocycles. The molecule has 0 fully saturated rings. The second-order valence-corrected chi connectivity index (χ2v) is 4.62. The van der Waals surface area contributed by atoms with Crippen LogP contribution in [0.3, 0.4) is 0 Å². The second-order valence-electron chi connectivity index (χ2n) is 4.62. The van der Waals surface area contributed by atoms with E-state index >= 15 is 0 Å². The Morgan fingerprint density at radius 1 is 1.19 bits per heavy atom. The molecule has 0 aliphatic rings. The number of anilines is 1. The normalized spacial score (nSPS) is 11.9. The summed E-state index contributed by atoms with van der Waals surface area (Å²) in [6.07, 6.45) is 1.66. The summed E-state index contributed by atoms with van der Waals surface area (Å²) in [6.45, 7) is 3.70. The summed E-state index contributed by atoms with van der Waals surface area (Å²) in [5.41, 5.74) is 1.30. The molecule has 0 aliphatic carbocycles. The van der Waals surface area contributed by atoms with E-state index in [9.17, 15) is 4.39 Å². The molecule has 1 atom stereocenters. The molecule has 0 radical (unpaired) electrons. The van der Waals surface area contributed by atoms with E-state index in [0.29, 0.717) is 23.0 Å². The van der Waals surface area contributed by atoms with E-state index in [2.05, 4.69) is 15.3 Å². The van der Waals surface area contributed by atoms with Gasteiger partial charge in [0.2, 0.25) is 5.95 Å². The summed E-state index contributed by atoms with van der Waals surface area (Å²) in [5, 5.41) is 3.07. The largest absolute Gasteiger partial charge is 0.493 e. The fraction of sp³-hybridized carbons (Fsp3) is 0.333.